The van der Waals surface area contributed by atoms with Crippen molar-refractivity contribution in [3.63, 3.8) is 0 Å². The van der Waals surface area contributed by atoms with Crippen molar-refractivity contribution in [3.8, 4) is 0 Å². The van der Waals surface area contributed by atoms with E-state index < -0.39 is 8.65 Å². The molecule has 0 heterocycles. The SMILES string of the molecule is C=C[Si](=C)OC(C)OCC. The highest BCUT2D eigenvalue weighted by atomic mass is 28.3. The molecule has 2 nitrogen and oxygen atoms in total. The molecule has 0 aliphatic carbocycles. The molecule has 0 aliphatic rings. The van der Waals surface area contributed by atoms with Gasteiger partial charge in [-0.3, -0.25) is 0 Å². The summed E-state index contributed by atoms with van der Waals surface area (Å²) in [7, 11) is -1.06. The molecule has 0 amide bonds. The standard InChI is InChI=1S/C7H14O2Si/c1-5-8-7(3)9-10(4)6-2/h6-7H,2,4-5H2,1,3H3. The van der Waals surface area contributed by atoms with E-state index in [1.54, 1.807) is 5.70 Å². The zero-order valence-electron chi connectivity index (χ0n) is 6.59. The van der Waals surface area contributed by atoms with Gasteiger partial charge < -0.3 is 9.16 Å². The van der Waals surface area contributed by atoms with Crippen LogP contribution in [0.25, 0.3) is 0 Å². The molecule has 0 radical (unpaired) electrons. The molecule has 0 aliphatic heterocycles. The molecule has 1 atom stereocenters. The maximum absolute atomic E-state index is 5.29. The molecule has 58 valence electrons. The van der Waals surface area contributed by atoms with Crippen molar-refractivity contribution in [2.45, 2.75) is 20.1 Å². The van der Waals surface area contributed by atoms with Crippen molar-refractivity contribution >= 4 is 14.8 Å². The average Bonchev–Trinajstić information content (AvgIpc) is 1.88. The largest absolute Gasteiger partial charge is 0.524 e. The smallest absolute Gasteiger partial charge is 0.255 e. The first kappa shape index (κ1) is 9.59. The Morgan fingerprint density at radius 3 is 2.70 bits per heavy atom. The highest BCUT2D eigenvalue weighted by molar-refractivity contribution is 6.60. The zero-order chi connectivity index (χ0) is 7.98. The number of rotatable bonds is 5. The van der Waals surface area contributed by atoms with E-state index in [1.165, 1.54) is 0 Å². The van der Waals surface area contributed by atoms with Crippen LogP contribution in [-0.2, 0) is 9.16 Å². The van der Waals surface area contributed by atoms with Crippen molar-refractivity contribution in [1.29, 1.82) is 0 Å². The van der Waals surface area contributed by atoms with Crippen molar-refractivity contribution in [2.75, 3.05) is 6.61 Å². The van der Waals surface area contributed by atoms with Crippen LogP contribution in [0.4, 0.5) is 0 Å². The van der Waals surface area contributed by atoms with E-state index in [2.05, 4.69) is 12.8 Å². The van der Waals surface area contributed by atoms with Gasteiger partial charge in [-0.2, -0.15) is 0 Å². The summed E-state index contributed by atoms with van der Waals surface area (Å²) in [5.41, 5.74) is 1.74. The van der Waals surface area contributed by atoms with Crippen LogP contribution in [0, 0.1) is 0 Å². The molecule has 0 N–H and O–H groups in total. The Hall–Kier alpha value is -0.413. The first-order valence-electron chi connectivity index (χ1n) is 3.30. The summed E-state index contributed by atoms with van der Waals surface area (Å²) in [6.07, 6.45) is 3.62. The lowest BCUT2D eigenvalue weighted by Gasteiger charge is -2.13. The van der Waals surface area contributed by atoms with Gasteiger partial charge in [0.15, 0.2) is 6.29 Å². The highest BCUT2D eigenvalue weighted by Crippen LogP contribution is 1.91. The lowest BCUT2D eigenvalue weighted by atomic mass is 10.7. The van der Waals surface area contributed by atoms with Gasteiger partial charge in [0.2, 0.25) is 0 Å². The first-order chi connectivity index (χ1) is 4.70. The van der Waals surface area contributed by atoms with Gasteiger partial charge in [-0.1, -0.05) is 6.17 Å². The fourth-order valence-corrected chi connectivity index (χ4v) is 1.12. The van der Waals surface area contributed by atoms with Crippen LogP contribution in [0.2, 0.25) is 0 Å². The Morgan fingerprint density at radius 2 is 2.30 bits per heavy atom. The second-order valence-corrected chi connectivity index (χ2v) is 3.39. The van der Waals surface area contributed by atoms with Gasteiger partial charge in [-0.15, -0.1) is 6.58 Å². The van der Waals surface area contributed by atoms with E-state index in [-0.39, 0.29) is 6.29 Å². The fourth-order valence-electron chi connectivity index (χ4n) is 0.530. The predicted octanol–water partition coefficient (Wildman–Crippen LogP) is 1.12. The molecule has 0 bridgehead atoms. The van der Waals surface area contributed by atoms with Gasteiger partial charge in [0.05, 0.1) is 0 Å². The lowest BCUT2D eigenvalue weighted by molar-refractivity contribution is -0.0602. The molecular weight excluding hydrogens is 144 g/mol. The molecule has 0 fully saturated rings. The Balaban J connectivity index is 3.46. The summed E-state index contributed by atoms with van der Waals surface area (Å²) in [4.78, 5) is 0. The van der Waals surface area contributed by atoms with Gasteiger partial charge in [0, 0.05) is 6.61 Å². The van der Waals surface area contributed by atoms with E-state index >= 15 is 0 Å². The lowest BCUT2D eigenvalue weighted by Crippen LogP contribution is -2.18. The van der Waals surface area contributed by atoms with E-state index in [4.69, 9.17) is 9.16 Å². The average molecular weight is 158 g/mol. The summed E-state index contributed by atoms with van der Waals surface area (Å²) in [6, 6.07) is 0. The maximum atomic E-state index is 5.29. The van der Waals surface area contributed by atoms with Crippen LogP contribution in [0.5, 0.6) is 0 Å². The minimum atomic E-state index is -1.06. The van der Waals surface area contributed by atoms with Gasteiger partial charge in [-0.25, -0.2) is 0 Å². The molecule has 0 saturated heterocycles. The Labute approximate surface area is 63.8 Å². The van der Waals surface area contributed by atoms with Crippen LogP contribution >= 0.6 is 0 Å². The summed E-state index contributed by atoms with van der Waals surface area (Å²) in [5, 5.41) is 0. The summed E-state index contributed by atoms with van der Waals surface area (Å²) in [5.74, 6) is 0. The normalized spacial score (nSPS) is 12.2. The summed E-state index contributed by atoms with van der Waals surface area (Å²) < 4.78 is 10.4. The highest BCUT2D eigenvalue weighted by Gasteiger charge is 1.99. The minimum Gasteiger partial charge on any atom is -0.524 e. The minimum absolute atomic E-state index is 0.144. The van der Waals surface area contributed by atoms with Crippen molar-refractivity contribution in [2.24, 2.45) is 0 Å². The van der Waals surface area contributed by atoms with Crippen LogP contribution in [0.15, 0.2) is 12.3 Å². The molecule has 0 saturated carbocycles. The summed E-state index contributed by atoms with van der Waals surface area (Å²) in [6.45, 7) is 8.05. The molecule has 0 aromatic heterocycles. The third-order valence-electron chi connectivity index (χ3n) is 0.946. The molecule has 0 spiro atoms. The van der Waals surface area contributed by atoms with Gasteiger partial charge in [-0.05, 0) is 19.5 Å². The second kappa shape index (κ2) is 5.38. The van der Waals surface area contributed by atoms with Crippen LogP contribution < -0.4 is 0 Å². The van der Waals surface area contributed by atoms with Crippen LogP contribution in [-0.4, -0.2) is 27.7 Å². The molecule has 0 aromatic carbocycles. The van der Waals surface area contributed by atoms with Crippen molar-refractivity contribution in [1.82, 2.24) is 0 Å². The van der Waals surface area contributed by atoms with E-state index in [0.717, 1.165) is 0 Å². The van der Waals surface area contributed by atoms with E-state index in [9.17, 15) is 0 Å². The topological polar surface area (TPSA) is 18.5 Å². The Morgan fingerprint density at radius 1 is 1.70 bits per heavy atom. The number of hydrogen-bond acceptors (Lipinski definition) is 2. The van der Waals surface area contributed by atoms with E-state index in [1.807, 2.05) is 13.8 Å². The van der Waals surface area contributed by atoms with Gasteiger partial charge in [0.1, 0.15) is 0 Å². The first-order valence-corrected chi connectivity index (χ1v) is 4.99. The Bertz CT molecular complexity index is 123. The van der Waals surface area contributed by atoms with Gasteiger partial charge in [0.25, 0.3) is 8.65 Å². The number of ether oxygens (including phenoxy) is 1. The van der Waals surface area contributed by atoms with Gasteiger partial charge >= 0.3 is 0 Å². The van der Waals surface area contributed by atoms with Crippen molar-refractivity contribution in [3.05, 3.63) is 12.3 Å². The zero-order valence-corrected chi connectivity index (χ0v) is 7.59. The van der Waals surface area contributed by atoms with Crippen LogP contribution in [0.3, 0.4) is 0 Å². The number of hydrogen-bond donors (Lipinski definition) is 0. The monoisotopic (exact) mass is 158 g/mol. The Kier molecular flexibility index (Phi) is 5.16. The fraction of sp³-hybridized carbons (Fsp3) is 0.571. The molecule has 0 rings (SSSR count). The third kappa shape index (κ3) is 4.46. The van der Waals surface area contributed by atoms with E-state index in [0.29, 0.717) is 6.61 Å². The molecule has 0 aromatic rings. The van der Waals surface area contributed by atoms with Crippen molar-refractivity contribution < 1.29 is 9.16 Å². The third-order valence-corrected chi connectivity index (χ3v) is 2.04. The maximum Gasteiger partial charge on any atom is 0.255 e. The molecule has 3 heteroatoms. The quantitative estimate of drug-likeness (QED) is 0.441. The second-order valence-electron chi connectivity index (χ2n) is 1.81. The molecule has 10 heavy (non-hydrogen) atoms. The van der Waals surface area contributed by atoms with Crippen LogP contribution in [0.1, 0.15) is 13.8 Å². The molecule has 1 unspecified atom stereocenters. The predicted molar refractivity (Wildman–Crippen MR) is 45.2 cm³/mol. The summed E-state index contributed by atoms with van der Waals surface area (Å²) >= 11 is 0. The molecular formula is C7H14O2Si.